The fraction of sp³-hybridized carbons (Fsp3) is 0.478. The highest BCUT2D eigenvalue weighted by Crippen LogP contribution is 2.26. The molecule has 1 fully saturated rings. The van der Waals surface area contributed by atoms with E-state index in [1.165, 1.54) is 5.56 Å². The lowest BCUT2D eigenvalue weighted by Crippen LogP contribution is -2.36. The molecule has 0 aliphatic heterocycles. The molecule has 4 rings (SSSR count). The molecule has 2 N–H and O–H groups in total. The molecule has 1 saturated carbocycles. The first-order valence-electron chi connectivity index (χ1n) is 10.5. The highest BCUT2D eigenvalue weighted by atomic mass is 16.3. The molecule has 29 heavy (non-hydrogen) atoms. The first-order chi connectivity index (χ1) is 14.0. The van der Waals surface area contributed by atoms with Gasteiger partial charge in [-0.15, -0.1) is 0 Å². The zero-order valence-corrected chi connectivity index (χ0v) is 17.8. The summed E-state index contributed by atoms with van der Waals surface area (Å²) in [5.74, 6) is 3.73. The summed E-state index contributed by atoms with van der Waals surface area (Å²) in [5, 5.41) is 8.31. The van der Waals surface area contributed by atoms with Crippen molar-refractivity contribution in [2.45, 2.75) is 58.2 Å². The molecule has 1 aliphatic carbocycles. The van der Waals surface area contributed by atoms with Crippen molar-refractivity contribution < 1.29 is 4.42 Å². The number of aryl methyl sites for hydroxylation is 2. The van der Waals surface area contributed by atoms with Gasteiger partial charge in [0.2, 0.25) is 5.95 Å². The number of furan rings is 1. The van der Waals surface area contributed by atoms with Crippen LogP contribution in [0.4, 0.5) is 11.8 Å². The predicted octanol–water partition coefficient (Wildman–Crippen LogP) is 4.42. The number of benzene rings is 1. The summed E-state index contributed by atoms with van der Waals surface area (Å²) in [4.78, 5) is 11.6. The van der Waals surface area contributed by atoms with Gasteiger partial charge >= 0.3 is 0 Å². The van der Waals surface area contributed by atoms with Crippen molar-refractivity contribution in [1.82, 2.24) is 15.3 Å². The van der Waals surface area contributed by atoms with E-state index >= 15 is 0 Å². The van der Waals surface area contributed by atoms with E-state index in [1.807, 2.05) is 44.1 Å². The van der Waals surface area contributed by atoms with Crippen LogP contribution in [0.1, 0.15) is 42.8 Å². The van der Waals surface area contributed by atoms with Crippen LogP contribution in [0.3, 0.4) is 0 Å². The third-order valence-electron chi connectivity index (χ3n) is 5.85. The van der Waals surface area contributed by atoms with Gasteiger partial charge in [0.15, 0.2) is 0 Å². The standard InChI is InChI=1S/C23H31N5O/c1-15-13-19(29-16(15)2)14-24-17-9-11-18(12-10-17)25-23-26-21-8-6-5-7-20(21)22(27-23)28(3)4/h5-8,13,17-18,24H,9-12,14H2,1-4H3,(H,25,26,27)/t17-,18+. The maximum Gasteiger partial charge on any atom is 0.225 e. The summed E-state index contributed by atoms with van der Waals surface area (Å²) < 4.78 is 5.78. The Morgan fingerprint density at radius 2 is 1.76 bits per heavy atom. The molecule has 154 valence electrons. The van der Waals surface area contributed by atoms with Gasteiger partial charge in [0, 0.05) is 31.6 Å². The van der Waals surface area contributed by atoms with E-state index < -0.39 is 0 Å². The average Bonchev–Trinajstić information content (AvgIpc) is 3.04. The molecule has 3 aromatic rings. The lowest BCUT2D eigenvalue weighted by molar-refractivity contribution is 0.338. The molecule has 6 heteroatoms. The lowest BCUT2D eigenvalue weighted by atomic mass is 9.91. The fourth-order valence-electron chi connectivity index (χ4n) is 4.07. The van der Waals surface area contributed by atoms with Crippen molar-refractivity contribution in [3.05, 3.63) is 47.4 Å². The third kappa shape index (κ3) is 4.53. The second-order valence-corrected chi connectivity index (χ2v) is 8.31. The Balaban J connectivity index is 1.34. The van der Waals surface area contributed by atoms with E-state index in [4.69, 9.17) is 14.4 Å². The normalized spacial score (nSPS) is 19.4. The smallest absolute Gasteiger partial charge is 0.225 e. The number of fused-ring (bicyclic) bond motifs is 1. The number of para-hydroxylation sites is 1. The number of rotatable bonds is 6. The van der Waals surface area contributed by atoms with Crippen molar-refractivity contribution in [2.75, 3.05) is 24.3 Å². The quantitative estimate of drug-likeness (QED) is 0.646. The largest absolute Gasteiger partial charge is 0.465 e. The SMILES string of the molecule is Cc1cc(CN[C@H]2CC[C@@H](Nc3nc(N(C)C)c4ccccc4n3)CC2)oc1C. The zero-order valence-electron chi connectivity index (χ0n) is 17.8. The first-order valence-corrected chi connectivity index (χ1v) is 10.5. The van der Waals surface area contributed by atoms with Gasteiger partial charge in [0.05, 0.1) is 12.1 Å². The molecule has 0 radical (unpaired) electrons. The van der Waals surface area contributed by atoms with Crippen LogP contribution in [-0.4, -0.2) is 36.1 Å². The monoisotopic (exact) mass is 393 g/mol. The van der Waals surface area contributed by atoms with E-state index in [9.17, 15) is 0 Å². The minimum Gasteiger partial charge on any atom is -0.465 e. The number of nitrogens with one attached hydrogen (secondary N) is 2. The van der Waals surface area contributed by atoms with Crippen LogP contribution in [-0.2, 0) is 6.54 Å². The van der Waals surface area contributed by atoms with Crippen LogP contribution in [0.2, 0.25) is 0 Å². The summed E-state index contributed by atoms with van der Waals surface area (Å²) >= 11 is 0. The number of nitrogens with zero attached hydrogens (tertiary/aromatic N) is 3. The Morgan fingerprint density at radius 1 is 1.03 bits per heavy atom. The minimum atomic E-state index is 0.414. The Hall–Kier alpha value is -2.60. The summed E-state index contributed by atoms with van der Waals surface area (Å²) in [7, 11) is 4.05. The number of aromatic nitrogens is 2. The van der Waals surface area contributed by atoms with E-state index in [0.717, 1.165) is 66.4 Å². The van der Waals surface area contributed by atoms with E-state index in [0.29, 0.717) is 12.1 Å². The number of hydrogen-bond donors (Lipinski definition) is 2. The molecule has 1 aromatic carbocycles. The molecule has 6 nitrogen and oxygen atoms in total. The number of anilines is 2. The molecule has 0 saturated heterocycles. The molecule has 0 unspecified atom stereocenters. The van der Waals surface area contributed by atoms with Gasteiger partial charge in [-0.25, -0.2) is 4.98 Å². The van der Waals surface area contributed by atoms with Crippen molar-refractivity contribution in [3.8, 4) is 0 Å². The van der Waals surface area contributed by atoms with Gasteiger partial charge in [-0.3, -0.25) is 0 Å². The molecule has 2 heterocycles. The summed E-state index contributed by atoms with van der Waals surface area (Å²) in [6, 6.07) is 11.3. The Labute approximate surface area is 172 Å². The molecular formula is C23H31N5O. The fourth-order valence-corrected chi connectivity index (χ4v) is 4.07. The Kier molecular flexibility index (Phi) is 5.72. The highest BCUT2D eigenvalue weighted by molar-refractivity contribution is 5.90. The Bertz CT molecular complexity index is 953. The average molecular weight is 394 g/mol. The number of hydrogen-bond acceptors (Lipinski definition) is 6. The highest BCUT2D eigenvalue weighted by Gasteiger charge is 2.22. The van der Waals surface area contributed by atoms with Crippen LogP contribution in [0.25, 0.3) is 10.9 Å². The zero-order chi connectivity index (χ0) is 20.4. The van der Waals surface area contributed by atoms with Crippen LogP contribution < -0.4 is 15.5 Å². The summed E-state index contributed by atoms with van der Waals surface area (Å²) in [6.45, 7) is 4.92. The van der Waals surface area contributed by atoms with Crippen molar-refractivity contribution in [2.24, 2.45) is 0 Å². The maximum absolute atomic E-state index is 5.78. The predicted molar refractivity (Wildman–Crippen MR) is 119 cm³/mol. The van der Waals surface area contributed by atoms with E-state index in [-0.39, 0.29) is 0 Å². The van der Waals surface area contributed by atoms with Crippen LogP contribution in [0.15, 0.2) is 34.7 Å². The van der Waals surface area contributed by atoms with E-state index in [2.05, 4.69) is 29.7 Å². The molecule has 0 amide bonds. The molecule has 1 aliphatic rings. The minimum absolute atomic E-state index is 0.414. The van der Waals surface area contributed by atoms with Crippen LogP contribution in [0.5, 0.6) is 0 Å². The topological polar surface area (TPSA) is 66.2 Å². The second-order valence-electron chi connectivity index (χ2n) is 8.31. The first kappa shape index (κ1) is 19.7. The van der Waals surface area contributed by atoms with Crippen molar-refractivity contribution in [1.29, 1.82) is 0 Å². The van der Waals surface area contributed by atoms with Gasteiger partial charge in [-0.1, -0.05) is 12.1 Å². The van der Waals surface area contributed by atoms with Crippen molar-refractivity contribution >= 4 is 22.7 Å². The molecule has 0 spiro atoms. The van der Waals surface area contributed by atoms with Gasteiger partial charge in [-0.05, 0) is 63.3 Å². The summed E-state index contributed by atoms with van der Waals surface area (Å²) in [6.07, 6.45) is 4.51. The van der Waals surface area contributed by atoms with Crippen LogP contribution >= 0.6 is 0 Å². The van der Waals surface area contributed by atoms with Gasteiger partial charge in [0.25, 0.3) is 0 Å². The third-order valence-corrected chi connectivity index (χ3v) is 5.85. The molecular weight excluding hydrogens is 362 g/mol. The molecule has 0 atom stereocenters. The second kappa shape index (κ2) is 8.41. The maximum atomic E-state index is 5.78. The lowest BCUT2D eigenvalue weighted by Gasteiger charge is -2.30. The molecule has 2 aromatic heterocycles. The summed E-state index contributed by atoms with van der Waals surface area (Å²) in [5.41, 5.74) is 2.20. The van der Waals surface area contributed by atoms with Crippen molar-refractivity contribution in [3.63, 3.8) is 0 Å². The van der Waals surface area contributed by atoms with Gasteiger partial charge in [-0.2, -0.15) is 4.98 Å². The van der Waals surface area contributed by atoms with Crippen LogP contribution in [0, 0.1) is 13.8 Å². The van der Waals surface area contributed by atoms with Gasteiger partial charge in [0.1, 0.15) is 17.3 Å². The molecule has 0 bridgehead atoms. The Morgan fingerprint density at radius 3 is 2.45 bits per heavy atom. The van der Waals surface area contributed by atoms with Gasteiger partial charge < -0.3 is 20.0 Å². The van der Waals surface area contributed by atoms with E-state index in [1.54, 1.807) is 0 Å².